The number of rotatable bonds is 3. The van der Waals surface area contributed by atoms with E-state index in [9.17, 15) is 9.59 Å². The molecule has 1 aromatic carbocycles. The van der Waals surface area contributed by atoms with Gasteiger partial charge in [0.15, 0.2) is 0 Å². The highest BCUT2D eigenvalue weighted by Crippen LogP contribution is 2.28. The minimum Gasteiger partial charge on any atom is -0.495 e. The van der Waals surface area contributed by atoms with Gasteiger partial charge in [-0.1, -0.05) is 11.6 Å². The molecule has 23 heavy (non-hydrogen) atoms. The van der Waals surface area contributed by atoms with Crippen molar-refractivity contribution in [3.8, 4) is 5.75 Å². The van der Waals surface area contributed by atoms with E-state index in [1.807, 2.05) is 17.9 Å². The van der Waals surface area contributed by atoms with Crippen molar-refractivity contribution >= 4 is 23.4 Å². The van der Waals surface area contributed by atoms with Crippen LogP contribution in [0.3, 0.4) is 0 Å². The smallest absolute Gasteiger partial charge is 0.227 e. The largest absolute Gasteiger partial charge is 0.495 e. The number of carbonyl (C=O) groups is 2. The van der Waals surface area contributed by atoms with Gasteiger partial charge in [0.1, 0.15) is 5.75 Å². The number of carbonyl (C=O) groups excluding carboxylic acids is 2. The second-order valence-electron chi connectivity index (χ2n) is 5.83. The summed E-state index contributed by atoms with van der Waals surface area (Å²) < 4.78 is 5.19. The number of hydrogen-bond donors (Lipinski definition) is 0. The summed E-state index contributed by atoms with van der Waals surface area (Å²) in [5.74, 6) is 0.754. The second-order valence-corrected chi connectivity index (χ2v) is 6.24. The molecule has 1 saturated heterocycles. The van der Waals surface area contributed by atoms with Gasteiger partial charge < -0.3 is 14.5 Å². The first-order valence-electron chi connectivity index (χ1n) is 7.78. The van der Waals surface area contributed by atoms with Crippen LogP contribution in [0.25, 0.3) is 0 Å². The van der Waals surface area contributed by atoms with Crippen molar-refractivity contribution in [2.45, 2.75) is 26.7 Å². The Morgan fingerprint density at radius 1 is 1.17 bits per heavy atom. The summed E-state index contributed by atoms with van der Waals surface area (Å²) >= 11 is 6.16. The number of ether oxygens (including phenoxy) is 1. The number of benzene rings is 1. The number of nitrogens with zero attached hydrogens (tertiary/aromatic N) is 2. The second kappa shape index (κ2) is 7.68. The summed E-state index contributed by atoms with van der Waals surface area (Å²) in [7, 11) is 1.57. The number of halogens is 1. The molecule has 0 unspecified atom stereocenters. The van der Waals surface area contributed by atoms with Crippen molar-refractivity contribution in [1.29, 1.82) is 0 Å². The van der Waals surface area contributed by atoms with E-state index >= 15 is 0 Å². The van der Waals surface area contributed by atoms with Gasteiger partial charge in [-0.2, -0.15) is 0 Å². The summed E-state index contributed by atoms with van der Waals surface area (Å²) in [4.78, 5) is 27.6. The highest BCUT2D eigenvalue weighted by molar-refractivity contribution is 6.32. The molecule has 0 N–H and O–H groups in total. The van der Waals surface area contributed by atoms with Gasteiger partial charge in [0.05, 0.1) is 18.6 Å². The zero-order chi connectivity index (χ0) is 17.0. The third-order valence-electron chi connectivity index (χ3n) is 4.25. The maximum atomic E-state index is 12.6. The third-order valence-corrected chi connectivity index (χ3v) is 4.54. The van der Waals surface area contributed by atoms with Crippen molar-refractivity contribution < 1.29 is 14.3 Å². The van der Waals surface area contributed by atoms with E-state index in [2.05, 4.69) is 0 Å². The quantitative estimate of drug-likeness (QED) is 0.849. The van der Waals surface area contributed by atoms with Crippen LogP contribution in [0, 0.1) is 6.92 Å². The normalized spacial score (nSPS) is 15.3. The van der Waals surface area contributed by atoms with Crippen LogP contribution in [0.1, 0.15) is 24.5 Å². The lowest BCUT2D eigenvalue weighted by molar-refractivity contribution is -0.132. The molecule has 0 saturated carbocycles. The maximum Gasteiger partial charge on any atom is 0.227 e. The van der Waals surface area contributed by atoms with E-state index in [-0.39, 0.29) is 11.8 Å². The molecule has 1 aromatic rings. The number of methoxy groups -OCH3 is 1. The molecular formula is C17H23ClN2O3. The van der Waals surface area contributed by atoms with Gasteiger partial charge in [0.2, 0.25) is 11.8 Å². The molecular weight excluding hydrogens is 316 g/mol. The van der Waals surface area contributed by atoms with E-state index in [4.69, 9.17) is 16.3 Å². The maximum absolute atomic E-state index is 12.6. The Morgan fingerprint density at radius 2 is 1.83 bits per heavy atom. The van der Waals surface area contributed by atoms with Crippen LogP contribution in [0.5, 0.6) is 5.75 Å². The third kappa shape index (κ3) is 4.38. The van der Waals surface area contributed by atoms with Crippen LogP contribution >= 0.6 is 11.6 Å². The fourth-order valence-corrected chi connectivity index (χ4v) is 3.06. The van der Waals surface area contributed by atoms with E-state index in [1.54, 1.807) is 25.0 Å². The first-order valence-corrected chi connectivity index (χ1v) is 8.16. The van der Waals surface area contributed by atoms with Gasteiger partial charge in [0.25, 0.3) is 0 Å². The number of aryl methyl sites for hydroxylation is 1. The Balaban J connectivity index is 2.04. The topological polar surface area (TPSA) is 49.9 Å². The van der Waals surface area contributed by atoms with Crippen molar-refractivity contribution in [2.75, 3.05) is 33.3 Å². The van der Waals surface area contributed by atoms with Gasteiger partial charge in [-0.3, -0.25) is 9.59 Å². The van der Waals surface area contributed by atoms with Crippen molar-refractivity contribution in [1.82, 2.24) is 9.80 Å². The Morgan fingerprint density at radius 3 is 2.48 bits per heavy atom. The lowest BCUT2D eigenvalue weighted by Gasteiger charge is -2.22. The molecule has 6 heteroatoms. The van der Waals surface area contributed by atoms with Gasteiger partial charge >= 0.3 is 0 Å². The minimum atomic E-state index is 0.0667. The van der Waals surface area contributed by atoms with E-state index in [1.165, 1.54) is 0 Å². The van der Waals surface area contributed by atoms with Gasteiger partial charge in [0, 0.05) is 33.1 Å². The summed E-state index contributed by atoms with van der Waals surface area (Å²) in [5.41, 5.74) is 1.90. The predicted octanol–water partition coefficient (Wildman–Crippen LogP) is 2.28. The molecule has 1 aliphatic heterocycles. The van der Waals surface area contributed by atoms with Crippen LogP contribution in [0.4, 0.5) is 0 Å². The first kappa shape index (κ1) is 17.6. The Bertz CT molecular complexity index is 604. The van der Waals surface area contributed by atoms with Gasteiger partial charge in [-0.25, -0.2) is 0 Å². The molecule has 126 valence electrons. The molecule has 0 atom stereocenters. The lowest BCUT2D eigenvalue weighted by Crippen LogP contribution is -2.37. The van der Waals surface area contributed by atoms with Gasteiger partial charge in [-0.05, 0) is 36.6 Å². The summed E-state index contributed by atoms with van der Waals surface area (Å²) in [6.07, 6.45) is 1.13. The average Bonchev–Trinajstić information content (AvgIpc) is 2.76. The molecule has 5 nitrogen and oxygen atoms in total. The average molecular weight is 339 g/mol. The highest BCUT2D eigenvalue weighted by atomic mass is 35.5. The Kier molecular flexibility index (Phi) is 5.88. The van der Waals surface area contributed by atoms with E-state index in [0.717, 1.165) is 17.5 Å². The molecule has 1 heterocycles. The number of amides is 2. The Labute approximate surface area is 142 Å². The van der Waals surface area contributed by atoms with E-state index in [0.29, 0.717) is 43.4 Å². The van der Waals surface area contributed by atoms with Crippen LogP contribution in [-0.4, -0.2) is 54.9 Å². The molecule has 1 fully saturated rings. The standard InChI is InChI=1S/C17H23ClN2O3/c1-12-9-16(23-3)15(18)10-14(12)11-17(22)20-6-4-5-19(7-8-20)13(2)21/h9-10H,4-8,11H2,1-3H3. The van der Waals surface area contributed by atoms with Crippen molar-refractivity contribution in [2.24, 2.45) is 0 Å². The van der Waals surface area contributed by atoms with Crippen LogP contribution in [-0.2, 0) is 16.0 Å². The first-order chi connectivity index (χ1) is 10.9. The zero-order valence-electron chi connectivity index (χ0n) is 13.9. The lowest BCUT2D eigenvalue weighted by atomic mass is 10.0. The minimum absolute atomic E-state index is 0.0667. The predicted molar refractivity (Wildman–Crippen MR) is 89.9 cm³/mol. The fraction of sp³-hybridized carbons (Fsp3) is 0.529. The Hall–Kier alpha value is -1.75. The van der Waals surface area contributed by atoms with Crippen LogP contribution in [0.15, 0.2) is 12.1 Å². The van der Waals surface area contributed by atoms with Crippen molar-refractivity contribution in [3.05, 3.63) is 28.3 Å². The molecule has 0 bridgehead atoms. The molecule has 2 amide bonds. The molecule has 0 aromatic heterocycles. The van der Waals surface area contributed by atoms with E-state index < -0.39 is 0 Å². The van der Waals surface area contributed by atoms with Crippen LogP contribution < -0.4 is 4.74 Å². The molecule has 1 aliphatic rings. The summed E-state index contributed by atoms with van der Waals surface area (Å²) in [6, 6.07) is 3.65. The highest BCUT2D eigenvalue weighted by Gasteiger charge is 2.21. The van der Waals surface area contributed by atoms with Crippen molar-refractivity contribution in [3.63, 3.8) is 0 Å². The summed E-state index contributed by atoms with van der Waals surface area (Å²) in [6.45, 7) is 6.10. The molecule has 0 aliphatic carbocycles. The van der Waals surface area contributed by atoms with Gasteiger partial charge in [-0.15, -0.1) is 0 Å². The zero-order valence-corrected chi connectivity index (χ0v) is 14.7. The molecule has 0 spiro atoms. The monoisotopic (exact) mass is 338 g/mol. The van der Waals surface area contributed by atoms with Crippen LogP contribution in [0.2, 0.25) is 5.02 Å². The summed E-state index contributed by atoms with van der Waals surface area (Å²) in [5, 5.41) is 0.513. The fourth-order valence-electron chi connectivity index (χ4n) is 2.80. The molecule has 2 rings (SSSR count). The number of hydrogen-bond acceptors (Lipinski definition) is 3. The SMILES string of the molecule is COc1cc(C)c(CC(=O)N2CCCN(C(C)=O)CC2)cc1Cl. The molecule has 0 radical (unpaired) electrons.